The zero-order valence-electron chi connectivity index (χ0n) is 11.0. The van der Waals surface area contributed by atoms with Crippen molar-refractivity contribution in [1.29, 1.82) is 0 Å². The van der Waals surface area contributed by atoms with Crippen molar-refractivity contribution in [3.8, 4) is 0 Å². The highest BCUT2D eigenvalue weighted by atomic mass is 16.3. The Labute approximate surface area is 105 Å². The maximum atomic E-state index is 5.17. The van der Waals surface area contributed by atoms with E-state index in [1.54, 1.807) is 6.26 Å². The molecule has 0 aliphatic heterocycles. The van der Waals surface area contributed by atoms with Gasteiger partial charge in [0.1, 0.15) is 0 Å². The van der Waals surface area contributed by atoms with Crippen LogP contribution in [0, 0.1) is 0 Å². The van der Waals surface area contributed by atoms with Gasteiger partial charge in [0, 0.05) is 11.6 Å². The van der Waals surface area contributed by atoms with Crippen molar-refractivity contribution in [2.24, 2.45) is 0 Å². The van der Waals surface area contributed by atoms with Crippen LogP contribution >= 0.6 is 0 Å². The van der Waals surface area contributed by atoms with Gasteiger partial charge in [0.15, 0.2) is 0 Å². The molecule has 17 heavy (non-hydrogen) atoms. The largest absolute Gasteiger partial charge is 0.472 e. The molecule has 0 saturated carbocycles. The maximum absolute atomic E-state index is 5.17. The minimum absolute atomic E-state index is 0.456. The Hall–Kier alpha value is -1.02. The van der Waals surface area contributed by atoms with E-state index in [0.717, 1.165) is 13.0 Å². The second kappa shape index (κ2) is 9.06. The Morgan fingerprint density at radius 2 is 2.29 bits per heavy atom. The molecule has 0 aliphatic rings. The van der Waals surface area contributed by atoms with Gasteiger partial charge < -0.3 is 9.73 Å². The molecule has 0 amide bonds. The van der Waals surface area contributed by atoms with Crippen LogP contribution in [0.3, 0.4) is 0 Å². The molecule has 1 rings (SSSR count). The molecule has 0 aliphatic carbocycles. The molecular weight excluding hydrogens is 210 g/mol. The van der Waals surface area contributed by atoms with E-state index in [1.807, 2.05) is 12.3 Å². The fraction of sp³-hybridized carbons (Fsp3) is 0.600. The van der Waals surface area contributed by atoms with Gasteiger partial charge in [0.05, 0.1) is 12.5 Å². The second-order valence-corrected chi connectivity index (χ2v) is 4.49. The molecule has 1 atom stereocenters. The van der Waals surface area contributed by atoms with E-state index in [4.69, 9.17) is 4.42 Å². The summed E-state index contributed by atoms with van der Waals surface area (Å²) in [7, 11) is 0. The first kappa shape index (κ1) is 14.0. The molecule has 0 bridgehead atoms. The lowest BCUT2D eigenvalue weighted by molar-refractivity contribution is 0.465. The molecule has 1 heterocycles. The van der Waals surface area contributed by atoms with Crippen LogP contribution in [0.4, 0.5) is 0 Å². The number of hydrogen-bond donors (Lipinski definition) is 1. The van der Waals surface area contributed by atoms with E-state index in [0.29, 0.717) is 6.04 Å². The summed E-state index contributed by atoms with van der Waals surface area (Å²) >= 11 is 0. The van der Waals surface area contributed by atoms with Crippen LogP contribution in [0.1, 0.15) is 57.1 Å². The van der Waals surface area contributed by atoms with Crippen molar-refractivity contribution in [2.75, 3.05) is 6.54 Å². The predicted molar refractivity (Wildman–Crippen MR) is 73.0 cm³/mol. The Balaban J connectivity index is 2.28. The molecule has 1 unspecified atom stereocenters. The summed E-state index contributed by atoms with van der Waals surface area (Å²) in [6.07, 6.45) is 12.9. The topological polar surface area (TPSA) is 25.2 Å². The average molecular weight is 235 g/mol. The maximum Gasteiger partial charge on any atom is 0.0950 e. The van der Waals surface area contributed by atoms with Gasteiger partial charge in [-0.15, -0.1) is 6.58 Å². The average Bonchev–Trinajstić information content (AvgIpc) is 2.86. The summed E-state index contributed by atoms with van der Waals surface area (Å²) in [6, 6.07) is 2.52. The normalized spacial score (nSPS) is 12.5. The van der Waals surface area contributed by atoms with Crippen LogP contribution in [-0.2, 0) is 0 Å². The molecule has 1 N–H and O–H groups in total. The van der Waals surface area contributed by atoms with Crippen LogP contribution in [0.25, 0.3) is 0 Å². The smallest absolute Gasteiger partial charge is 0.0950 e. The highest BCUT2D eigenvalue weighted by Crippen LogP contribution is 2.20. The Morgan fingerprint density at radius 1 is 1.41 bits per heavy atom. The highest BCUT2D eigenvalue weighted by Gasteiger charge is 2.10. The number of unbranched alkanes of at least 4 members (excludes halogenated alkanes) is 3. The summed E-state index contributed by atoms with van der Waals surface area (Å²) in [5, 5.41) is 3.58. The molecule has 0 radical (unpaired) electrons. The molecule has 0 fully saturated rings. The molecule has 1 aromatic heterocycles. The van der Waals surface area contributed by atoms with Crippen molar-refractivity contribution in [3.63, 3.8) is 0 Å². The third-order valence-corrected chi connectivity index (χ3v) is 2.99. The number of hydrogen-bond acceptors (Lipinski definition) is 2. The van der Waals surface area contributed by atoms with Crippen molar-refractivity contribution in [3.05, 3.63) is 36.8 Å². The van der Waals surface area contributed by atoms with Crippen LogP contribution < -0.4 is 5.32 Å². The molecule has 2 nitrogen and oxygen atoms in total. The standard InChI is InChI=1S/C15H25NO/c1-3-5-6-7-8-9-15(16-11-4-2)14-10-12-17-13-14/h3,10,12-13,15-16H,1,4-9,11H2,2H3. The van der Waals surface area contributed by atoms with E-state index in [2.05, 4.69) is 24.9 Å². The van der Waals surface area contributed by atoms with Crippen molar-refractivity contribution >= 4 is 0 Å². The van der Waals surface area contributed by atoms with Crippen LogP contribution in [-0.4, -0.2) is 6.54 Å². The minimum atomic E-state index is 0.456. The zero-order chi connectivity index (χ0) is 12.3. The van der Waals surface area contributed by atoms with E-state index < -0.39 is 0 Å². The Kier molecular flexibility index (Phi) is 7.48. The number of nitrogens with one attached hydrogen (secondary N) is 1. The van der Waals surface area contributed by atoms with E-state index in [-0.39, 0.29) is 0 Å². The number of rotatable bonds is 10. The molecule has 0 spiro atoms. The van der Waals surface area contributed by atoms with E-state index >= 15 is 0 Å². The first-order valence-corrected chi connectivity index (χ1v) is 6.74. The SMILES string of the molecule is C=CCCCCCC(NCCC)c1ccoc1. The first-order valence-electron chi connectivity index (χ1n) is 6.74. The van der Waals surface area contributed by atoms with Gasteiger partial charge in [-0.25, -0.2) is 0 Å². The lowest BCUT2D eigenvalue weighted by Gasteiger charge is -2.16. The third kappa shape index (κ3) is 5.73. The molecule has 2 heteroatoms. The molecule has 0 saturated heterocycles. The first-order chi connectivity index (χ1) is 8.38. The zero-order valence-corrected chi connectivity index (χ0v) is 11.0. The van der Waals surface area contributed by atoms with Crippen LogP contribution in [0.15, 0.2) is 35.7 Å². The summed E-state index contributed by atoms with van der Waals surface area (Å²) < 4.78 is 5.17. The quantitative estimate of drug-likeness (QED) is 0.478. The monoisotopic (exact) mass is 235 g/mol. The molecule has 96 valence electrons. The molecule has 0 aromatic carbocycles. The fourth-order valence-electron chi connectivity index (χ4n) is 1.99. The van der Waals surface area contributed by atoms with Crippen LogP contribution in [0.2, 0.25) is 0 Å². The van der Waals surface area contributed by atoms with Crippen molar-refractivity contribution in [1.82, 2.24) is 5.32 Å². The van der Waals surface area contributed by atoms with Crippen molar-refractivity contribution in [2.45, 2.75) is 51.5 Å². The Bertz CT molecular complexity index is 279. The minimum Gasteiger partial charge on any atom is -0.472 e. The lowest BCUT2D eigenvalue weighted by atomic mass is 10.0. The summed E-state index contributed by atoms with van der Waals surface area (Å²) in [6.45, 7) is 7.02. The highest BCUT2D eigenvalue weighted by molar-refractivity contribution is 5.11. The van der Waals surface area contributed by atoms with Gasteiger partial charge in [0.2, 0.25) is 0 Å². The van der Waals surface area contributed by atoms with E-state index in [1.165, 1.54) is 37.7 Å². The fourth-order valence-corrected chi connectivity index (χ4v) is 1.99. The van der Waals surface area contributed by atoms with Gasteiger partial charge in [-0.2, -0.15) is 0 Å². The molecule has 1 aromatic rings. The lowest BCUT2D eigenvalue weighted by Crippen LogP contribution is -2.21. The number of allylic oxidation sites excluding steroid dienone is 1. The molecular formula is C15H25NO. The van der Waals surface area contributed by atoms with Gasteiger partial charge >= 0.3 is 0 Å². The second-order valence-electron chi connectivity index (χ2n) is 4.49. The van der Waals surface area contributed by atoms with Gasteiger partial charge in [-0.1, -0.05) is 25.8 Å². The van der Waals surface area contributed by atoms with Gasteiger partial charge in [-0.3, -0.25) is 0 Å². The van der Waals surface area contributed by atoms with Gasteiger partial charge in [0.25, 0.3) is 0 Å². The van der Waals surface area contributed by atoms with E-state index in [9.17, 15) is 0 Å². The van der Waals surface area contributed by atoms with Crippen molar-refractivity contribution < 1.29 is 4.42 Å². The van der Waals surface area contributed by atoms with Gasteiger partial charge in [-0.05, 0) is 38.3 Å². The third-order valence-electron chi connectivity index (χ3n) is 2.99. The summed E-state index contributed by atoms with van der Waals surface area (Å²) in [4.78, 5) is 0. The predicted octanol–water partition coefficient (Wildman–Crippen LogP) is 4.46. The summed E-state index contributed by atoms with van der Waals surface area (Å²) in [5.41, 5.74) is 1.28. The van der Waals surface area contributed by atoms with Crippen LogP contribution in [0.5, 0.6) is 0 Å². The Morgan fingerprint density at radius 3 is 2.94 bits per heavy atom. The summed E-state index contributed by atoms with van der Waals surface area (Å²) in [5.74, 6) is 0. The number of furan rings is 1.